The maximum atomic E-state index is 4.61. The zero-order valence-electron chi connectivity index (χ0n) is 12.1. The van der Waals surface area contributed by atoms with Crippen molar-refractivity contribution in [3.63, 3.8) is 0 Å². The number of rotatable bonds is 3. The number of likely N-dealkylation sites (tertiary alicyclic amines) is 1. The van der Waals surface area contributed by atoms with Crippen molar-refractivity contribution in [2.75, 3.05) is 13.1 Å². The Morgan fingerprint density at radius 3 is 2.35 bits per heavy atom. The first kappa shape index (κ1) is 13.3. The first-order chi connectivity index (χ1) is 9.84. The van der Waals surface area contributed by atoms with Gasteiger partial charge in [0.05, 0.1) is 11.7 Å². The molecule has 0 N–H and O–H groups in total. The number of pyridine rings is 1. The molecule has 0 spiro atoms. The Labute approximate surface area is 121 Å². The van der Waals surface area contributed by atoms with E-state index in [0.29, 0.717) is 6.04 Å². The maximum absolute atomic E-state index is 4.61. The second-order valence-electron chi connectivity index (χ2n) is 5.79. The molecule has 2 heterocycles. The van der Waals surface area contributed by atoms with E-state index >= 15 is 0 Å². The van der Waals surface area contributed by atoms with Crippen molar-refractivity contribution in [2.45, 2.75) is 25.8 Å². The Hall–Kier alpha value is -1.67. The van der Waals surface area contributed by atoms with Gasteiger partial charge in [0, 0.05) is 6.20 Å². The minimum Gasteiger partial charge on any atom is -0.291 e. The summed E-state index contributed by atoms with van der Waals surface area (Å²) in [7, 11) is 0. The lowest BCUT2D eigenvalue weighted by atomic mass is 9.94. The van der Waals surface area contributed by atoms with Gasteiger partial charge in [-0.2, -0.15) is 0 Å². The molecule has 20 heavy (non-hydrogen) atoms. The second kappa shape index (κ2) is 6.19. The van der Waals surface area contributed by atoms with Crippen LogP contribution in [0.25, 0.3) is 0 Å². The Morgan fingerprint density at radius 2 is 1.70 bits per heavy atom. The average Bonchev–Trinajstić information content (AvgIpc) is 2.52. The lowest BCUT2D eigenvalue weighted by Crippen LogP contribution is -2.37. The lowest BCUT2D eigenvalue weighted by molar-refractivity contribution is 0.155. The van der Waals surface area contributed by atoms with Crippen LogP contribution in [0.4, 0.5) is 0 Å². The standard InChI is InChI=1S/C18H22N2/c1-15-10-13-20(14-11-15)18(16-7-3-2-4-8-16)17-9-5-6-12-19-17/h2-9,12,15,18H,10-11,13-14H2,1H3. The molecule has 1 fully saturated rings. The van der Waals surface area contributed by atoms with Crippen LogP contribution in [0.5, 0.6) is 0 Å². The summed E-state index contributed by atoms with van der Waals surface area (Å²) in [4.78, 5) is 7.19. The van der Waals surface area contributed by atoms with E-state index in [-0.39, 0.29) is 0 Å². The molecule has 0 amide bonds. The van der Waals surface area contributed by atoms with Crippen molar-refractivity contribution in [2.24, 2.45) is 5.92 Å². The van der Waals surface area contributed by atoms with Gasteiger partial charge in [-0.1, -0.05) is 43.3 Å². The second-order valence-corrected chi connectivity index (χ2v) is 5.79. The Morgan fingerprint density at radius 1 is 1.00 bits per heavy atom. The normalized spacial score (nSPS) is 18.9. The van der Waals surface area contributed by atoms with Gasteiger partial charge in [-0.05, 0) is 49.5 Å². The lowest BCUT2D eigenvalue weighted by Gasteiger charge is -2.36. The van der Waals surface area contributed by atoms with Gasteiger partial charge in [-0.25, -0.2) is 0 Å². The zero-order valence-corrected chi connectivity index (χ0v) is 12.1. The fraction of sp³-hybridized carbons (Fsp3) is 0.389. The van der Waals surface area contributed by atoms with E-state index in [4.69, 9.17) is 0 Å². The third kappa shape index (κ3) is 2.91. The topological polar surface area (TPSA) is 16.1 Å². The van der Waals surface area contributed by atoms with Crippen LogP contribution in [0.1, 0.15) is 37.1 Å². The SMILES string of the molecule is CC1CCN(C(c2ccccc2)c2ccccn2)CC1. The predicted octanol–water partition coefficient (Wildman–Crippen LogP) is 3.90. The molecule has 1 atom stereocenters. The van der Waals surface area contributed by atoms with Crippen molar-refractivity contribution in [1.29, 1.82) is 0 Å². The monoisotopic (exact) mass is 266 g/mol. The summed E-state index contributed by atoms with van der Waals surface area (Å²) in [6, 6.07) is 17.3. The molecular weight excluding hydrogens is 244 g/mol. The van der Waals surface area contributed by atoms with E-state index in [0.717, 1.165) is 24.7 Å². The molecule has 2 aromatic rings. The van der Waals surface area contributed by atoms with Crippen molar-refractivity contribution in [3.8, 4) is 0 Å². The molecule has 2 heteroatoms. The van der Waals surface area contributed by atoms with E-state index in [1.807, 2.05) is 12.3 Å². The van der Waals surface area contributed by atoms with Crippen LogP contribution in [0.3, 0.4) is 0 Å². The molecule has 1 unspecified atom stereocenters. The van der Waals surface area contributed by atoms with Crippen molar-refractivity contribution < 1.29 is 0 Å². The van der Waals surface area contributed by atoms with Crippen LogP contribution < -0.4 is 0 Å². The van der Waals surface area contributed by atoms with E-state index in [9.17, 15) is 0 Å². The summed E-state index contributed by atoms with van der Waals surface area (Å²) >= 11 is 0. The van der Waals surface area contributed by atoms with Gasteiger partial charge in [0.25, 0.3) is 0 Å². The highest BCUT2D eigenvalue weighted by Gasteiger charge is 2.26. The van der Waals surface area contributed by atoms with E-state index in [1.165, 1.54) is 18.4 Å². The van der Waals surface area contributed by atoms with Crippen molar-refractivity contribution in [3.05, 3.63) is 66.0 Å². The van der Waals surface area contributed by atoms with Gasteiger partial charge in [0.1, 0.15) is 0 Å². The molecule has 1 aromatic carbocycles. The quantitative estimate of drug-likeness (QED) is 0.837. The van der Waals surface area contributed by atoms with Crippen LogP contribution in [0.15, 0.2) is 54.7 Å². The molecular formula is C18H22N2. The molecule has 3 rings (SSSR count). The predicted molar refractivity (Wildman–Crippen MR) is 82.5 cm³/mol. The first-order valence-corrected chi connectivity index (χ1v) is 7.54. The summed E-state index contributed by atoms with van der Waals surface area (Å²) in [6.45, 7) is 4.68. The fourth-order valence-corrected chi connectivity index (χ4v) is 3.03. The molecule has 1 saturated heterocycles. The van der Waals surface area contributed by atoms with Crippen LogP contribution >= 0.6 is 0 Å². The van der Waals surface area contributed by atoms with Gasteiger partial charge in [0.2, 0.25) is 0 Å². The van der Waals surface area contributed by atoms with E-state index in [2.05, 4.69) is 59.3 Å². The maximum Gasteiger partial charge on any atom is 0.0776 e. The highest BCUT2D eigenvalue weighted by Crippen LogP contribution is 2.30. The molecule has 1 aliphatic heterocycles. The number of nitrogens with zero attached hydrogens (tertiary/aromatic N) is 2. The van der Waals surface area contributed by atoms with Gasteiger partial charge >= 0.3 is 0 Å². The first-order valence-electron chi connectivity index (χ1n) is 7.54. The largest absolute Gasteiger partial charge is 0.291 e. The number of aromatic nitrogens is 1. The highest BCUT2D eigenvalue weighted by atomic mass is 15.2. The Bertz CT molecular complexity index is 476. The molecule has 1 aromatic heterocycles. The smallest absolute Gasteiger partial charge is 0.0776 e. The molecule has 0 aliphatic carbocycles. The summed E-state index contributed by atoms with van der Waals surface area (Å²) in [6.07, 6.45) is 4.48. The fourth-order valence-electron chi connectivity index (χ4n) is 3.03. The summed E-state index contributed by atoms with van der Waals surface area (Å²) < 4.78 is 0. The highest BCUT2D eigenvalue weighted by molar-refractivity contribution is 5.27. The molecule has 0 radical (unpaired) electrons. The van der Waals surface area contributed by atoms with Gasteiger partial charge in [-0.15, -0.1) is 0 Å². The number of hydrogen-bond donors (Lipinski definition) is 0. The van der Waals surface area contributed by atoms with E-state index in [1.54, 1.807) is 0 Å². The average molecular weight is 266 g/mol. The molecule has 2 nitrogen and oxygen atoms in total. The van der Waals surface area contributed by atoms with Gasteiger partial charge in [-0.3, -0.25) is 9.88 Å². The van der Waals surface area contributed by atoms with Crippen LogP contribution in [-0.4, -0.2) is 23.0 Å². The van der Waals surface area contributed by atoms with Crippen molar-refractivity contribution in [1.82, 2.24) is 9.88 Å². The minimum atomic E-state index is 0.296. The summed E-state index contributed by atoms with van der Waals surface area (Å²) in [5.41, 5.74) is 2.51. The van der Waals surface area contributed by atoms with Gasteiger partial charge < -0.3 is 0 Å². The van der Waals surface area contributed by atoms with Crippen molar-refractivity contribution >= 4 is 0 Å². The van der Waals surface area contributed by atoms with Gasteiger partial charge in [0.15, 0.2) is 0 Å². The number of piperidine rings is 1. The molecule has 104 valence electrons. The van der Waals surface area contributed by atoms with Crippen LogP contribution in [-0.2, 0) is 0 Å². The molecule has 0 saturated carbocycles. The third-order valence-corrected chi connectivity index (χ3v) is 4.27. The van der Waals surface area contributed by atoms with E-state index < -0.39 is 0 Å². The Balaban J connectivity index is 1.92. The Kier molecular flexibility index (Phi) is 4.12. The summed E-state index contributed by atoms with van der Waals surface area (Å²) in [5, 5.41) is 0. The minimum absolute atomic E-state index is 0.296. The third-order valence-electron chi connectivity index (χ3n) is 4.27. The van der Waals surface area contributed by atoms with Crippen LogP contribution in [0.2, 0.25) is 0 Å². The summed E-state index contributed by atoms with van der Waals surface area (Å²) in [5.74, 6) is 0.853. The number of hydrogen-bond acceptors (Lipinski definition) is 2. The zero-order chi connectivity index (χ0) is 13.8. The van der Waals surface area contributed by atoms with Crippen LogP contribution in [0, 0.1) is 5.92 Å². The molecule has 0 bridgehead atoms. The molecule has 1 aliphatic rings. The number of benzene rings is 1.